The van der Waals surface area contributed by atoms with Crippen molar-refractivity contribution in [2.75, 3.05) is 6.54 Å². The molecule has 0 aromatic heterocycles. The van der Waals surface area contributed by atoms with Crippen LogP contribution in [0, 0.1) is 5.82 Å². The van der Waals surface area contributed by atoms with Crippen LogP contribution in [0.1, 0.15) is 23.7 Å². The number of amides is 1. The lowest BCUT2D eigenvalue weighted by Gasteiger charge is -2.19. The van der Waals surface area contributed by atoms with Gasteiger partial charge in [-0.3, -0.25) is 0 Å². The van der Waals surface area contributed by atoms with Crippen molar-refractivity contribution in [3.63, 3.8) is 0 Å². The van der Waals surface area contributed by atoms with E-state index in [1.165, 1.54) is 0 Å². The summed E-state index contributed by atoms with van der Waals surface area (Å²) in [6.45, 7) is 0.00702. The fraction of sp³-hybridized carbons (Fsp3) is 0.316. The van der Waals surface area contributed by atoms with Gasteiger partial charge < -0.3 is 25.0 Å². The van der Waals surface area contributed by atoms with E-state index in [0.29, 0.717) is 12.1 Å². The summed E-state index contributed by atoms with van der Waals surface area (Å²) in [4.78, 5) is 11.6. The van der Waals surface area contributed by atoms with Gasteiger partial charge >= 0.3 is 12.5 Å². The van der Waals surface area contributed by atoms with Gasteiger partial charge in [0.05, 0.1) is 6.10 Å². The lowest BCUT2D eigenvalue weighted by Crippen LogP contribution is -2.29. The third-order valence-electron chi connectivity index (χ3n) is 3.81. The largest absolute Gasteiger partial charge is 0.573 e. The van der Waals surface area contributed by atoms with E-state index in [9.17, 15) is 32.6 Å². The Bertz CT molecular complexity index is 801. The number of alkyl halides is 3. The molecule has 0 saturated carbocycles. The van der Waals surface area contributed by atoms with Crippen LogP contribution in [0.4, 0.5) is 22.4 Å². The highest BCUT2D eigenvalue weighted by Gasteiger charge is 2.32. The van der Waals surface area contributed by atoms with Gasteiger partial charge in [0.2, 0.25) is 0 Å². The summed E-state index contributed by atoms with van der Waals surface area (Å²) in [7, 11) is 0. The first-order chi connectivity index (χ1) is 13.7. The van der Waals surface area contributed by atoms with Gasteiger partial charge in [-0.15, -0.1) is 13.2 Å². The molecule has 0 aliphatic carbocycles. The third kappa shape index (κ3) is 7.59. The van der Waals surface area contributed by atoms with Crippen molar-refractivity contribution in [2.24, 2.45) is 0 Å². The molecule has 0 aliphatic rings. The summed E-state index contributed by atoms with van der Waals surface area (Å²) in [5, 5.41) is 22.4. The van der Waals surface area contributed by atoms with E-state index in [1.54, 1.807) is 24.3 Å². The second-order valence-corrected chi connectivity index (χ2v) is 6.03. The molecule has 0 radical (unpaired) electrons. The predicted octanol–water partition coefficient (Wildman–Crippen LogP) is 3.44. The van der Waals surface area contributed by atoms with E-state index in [0.717, 1.165) is 11.6 Å². The number of hydrogen-bond donors (Lipinski definition) is 3. The second-order valence-electron chi connectivity index (χ2n) is 6.03. The van der Waals surface area contributed by atoms with Crippen LogP contribution in [0.3, 0.4) is 0 Å². The van der Waals surface area contributed by atoms with Gasteiger partial charge in [0.1, 0.15) is 12.7 Å². The van der Waals surface area contributed by atoms with E-state index in [1.807, 2.05) is 6.07 Å². The minimum atomic E-state index is -5.05. The van der Waals surface area contributed by atoms with Crippen molar-refractivity contribution in [1.82, 2.24) is 5.32 Å². The molecular formula is C19H19F4NO5. The van der Waals surface area contributed by atoms with Crippen LogP contribution in [-0.4, -0.2) is 35.3 Å². The molecular weight excluding hydrogens is 398 g/mol. The van der Waals surface area contributed by atoms with Crippen LogP contribution >= 0.6 is 0 Å². The zero-order valence-electron chi connectivity index (χ0n) is 15.0. The van der Waals surface area contributed by atoms with E-state index in [2.05, 4.69) is 10.1 Å². The van der Waals surface area contributed by atoms with Crippen LogP contribution in [0.5, 0.6) is 5.75 Å². The van der Waals surface area contributed by atoms with Gasteiger partial charge in [-0.25, -0.2) is 9.18 Å². The maximum Gasteiger partial charge on any atom is 0.573 e. The van der Waals surface area contributed by atoms with Gasteiger partial charge in [0, 0.05) is 6.54 Å². The summed E-state index contributed by atoms with van der Waals surface area (Å²) in [5.41, 5.74) is 0.647. The molecule has 0 bridgehead atoms. The van der Waals surface area contributed by atoms with Gasteiger partial charge in [-0.05, 0) is 29.7 Å². The molecule has 2 atom stereocenters. The summed E-state index contributed by atoms with van der Waals surface area (Å²) in [6, 6.07) is 11.3. The summed E-state index contributed by atoms with van der Waals surface area (Å²) in [5.74, 6) is -2.39. The first-order valence-electron chi connectivity index (χ1n) is 8.51. The number of carbonyl (C=O) groups excluding carboxylic acids is 1. The molecule has 2 aromatic rings. The molecule has 29 heavy (non-hydrogen) atoms. The number of aliphatic hydroxyl groups is 2. The van der Waals surface area contributed by atoms with Gasteiger partial charge in [-0.1, -0.05) is 36.4 Å². The average molecular weight is 417 g/mol. The fourth-order valence-corrected chi connectivity index (χ4v) is 2.38. The van der Waals surface area contributed by atoms with Crippen molar-refractivity contribution >= 4 is 6.09 Å². The zero-order chi connectivity index (χ0) is 21.4. The Hall–Kier alpha value is -2.85. The second kappa shape index (κ2) is 10.1. The Kier molecular flexibility index (Phi) is 7.80. The molecule has 158 valence electrons. The number of benzene rings is 2. The molecule has 0 saturated heterocycles. The minimum absolute atomic E-state index is 0.0520. The number of rotatable bonds is 8. The van der Waals surface area contributed by atoms with Crippen molar-refractivity contribution in [1.29, 1.82) is 0 Å². The number of carbonyl (C=O) groups is 1. The van der Waals surface area contributed by atoms with Crippen molar-refractivity contribution in [3.8, 4) is 5.75 Å². The number of ether oxygens (including phenoxy) is 2. The van der Waals surface area contributed by atoms with Crippen LogP contribution in [0.15, 0.2) is 48.5 Å². The molecule has 2 unspecified atom stereocenters. The highest BCUT2D eigenvalue weighted by atomic mass is 19.4. The van der Waals surface area contributed by atoms with Gasteiger partial charge in [0.15, 0.2) is 11.6 Å². The molecule has 2 aromatic carbocycles. The Labute approximate surface area is 163 Å². The SMILES string of the molecule is O=C(NCCC(O)C(O)c1ccc(OC(F)(F)F)c(F)c1)OCc1ccccc1. The highest BCUT2D eigenvalue weighted by molar-refractivity contribution is 5.67. The first kappa shape index (κ1) is 22.4. The quantitative estimate of drug-likeness (QED) is 0.573. The number of aliphatic hydroxyl groups excluding tert-OH is 2. The Morgan fingerprint density at radius 2 is 1.79 bits per heavy atom. The molecule has 3 N–H and O–H groups in total. The van der Waals surface area contributed by atoms with Gasteiger partial charge in [-0.2, -0.15) is 0 Å². The lowest BCUT2D eigenvalue weighted by molar-refractivity contribution is -0.275. The fourth-order valence-electron chi connectivity index (χ4n) is 2.38. The van der Waals surface area contributed by atoms with E-state index in [4.69, 9.17) is 4.74 Å². The van der Waals surface area contributed by atoms with Crippen molar-refractivity contribution < 1.29 is 42.0 Å². The predicted molar refractivity (Wildman–Crippen MR) is 93.3 cm³/mol. The lowest BCUT2D eigenvalue weighted by atomic mass is 10.0. The molecule has 10 heteroatoms. The highest BCUT2D eigenvalue weighted by Crippen LogP contribution is 2.28. The number of hydrogen-bond acceptors (Lipinski definition) is 5. The number of halogens is 4. The standard InChI is InChI=1S/C19H19F4NO5/c20-14-10-13(6-7-16(14)29-19(21,22)23)17(26)15(25)8-9-24-18(27)28-11-12-4-2-1-3-5-12/h1-7,10,15,17,25-26H,8-9,11H2,(H,24,27). The summed E-state index contributed by atoms with van der Waals surface area (Å²) >= 11 is 0. The smallest absolute Gasteiger partial charge is 0.445 e. The molecule has 6 nitrogen and oxygen atoms in total. The Morgan fingerprint density at radius 3 is 2.41 bits per heavy atom. The molecule has 0 fully saturated rings. The molecule has 2 rings (SSSR count). The Morgan fingerprint density at radius 1 is 1.10 bits per heavy atom. The maximum atomic E-state index is 13.7. The van der Waals surface area contributed by atoms with Crippen LogP contribution < -0.4 is 10.1 Å². The number of alkyl carbamates (subject to hydrolysis) is 1. The van der Waals surface area contributed by atoms with E-state index < -0.39 is 36.2 Å². The van der Waals surface area contributed by atoms with Crippen LogP contribution in [0.25, 0.3) is 0 Å². The van der Waals surface area contributed by atoms with E-state index in [-0.39, 0.29) is 25.1 Å². The number of nitrogens with one attached hydrogen (secondary N) is 1. The normalized spacial score (nSPS) is 13.4. The summed E-state index contributed by atoms with van der Waals surface area (Å²) < 4.78 is 58.6. The topological polar surface area (TPSA) is 88.0 Å². The first-order valence-corrected chi connectivity index (χ1v) is 8.51. The Balaban J connectivity index is 1.79. The minimum Gasteiger partial charge on any atom is -0.445 e. The van der Waals surface area contributed by atoms with Gasteiger partial charge in [0.25, 0.3) is 0 Å². The molecule has 1 amide bonds. The summed E-state index contributed by atoms with van der Waals surface area (Å²) in [6.07, 6.45) is -8.87. The van der Waals surface area contributed by atoms with Crippen LogP contribution in [-0.2, 0) is 11.3 Å². The van der Waals surface area contributed by atoms with Crippen molar-refractivity contribution in [3.05, 3.63) is 65.5 Å². The van der Waals surface area contributed by atoms with Crippen LogP contribution in [0.2, 0.25) is 0 Å². The third-order valence-corrected chi connectivity index (χ3v) is 3.81. The molecule has 0 heterocycles. The zero-order valence-corrected chi connectivity index (χ0v) is 15.0. The molecule has 0 spiro atoms. The maximum absolute atomic E-state index is 13.7. The van der Waals surface area contributed by atoms with E-state index >= 15 is 0 Å². The monoisotopic (exact) mass is 417 g/mol. The van der Waals surface area contributed by atoms with Crippen molar-refractivity contribution in [2.45, 2.75) is 31.6 Å². The average Bonchev–Trinajstić information content (AvgIpc) is 2.67. The molecule has 0 aliphatic heterocycles.